The molecule has 1 aromatic heterocycles. The maximum atomic E-state index is 11.3. The number of esters is 1. The van der Waals surface area contributed by atoms with Crippen LogP contribution in [0.1, 0.15) is 25.7 Å². The van der Waals surface area contributed by atoms with E-state index in [1.165, 1.54) is 7.11 Å². The van der Waals surface area contributed by atoms with Gasteiger partial charge in [-0.05, 0) is 55.7 Å². The zero-order chi connectivity index (χ0) is 22.3. The van der Waals surface area contributed by atoms with E-state index in [-0.39, 0.29) is 18.5 Å². The Morgan fingerprint density at radius 3 is 2.52 bits per heavy atom. The van der Waals surface area contributed by atoms with E-state index in [0.717, 1.165) is 31.4 Å². The number of nitrogens with one attached hydrogen (secondary N) is 1. The highest BCUT2D eigenvalue weighted by Gasteiger charge is 2.00. The van der Waals surface area contributed by atoms with Gasteiger partial charge in [0.2, 0.25) is 5.96 Å². The average Bonchev–Trinajstić information content (AvgIpc) is 2.78. The van der Waals surface area contributed by atoms with E-state index in [9.17, 15) is 4.79 Å². The summed E-state index contributed by atoms with van der Waals surface area (Å²) < 4.78 is 12.0. The number of aliphatic imine (C=N–C) groups is 1. The molecule has 31 heavy (non-hydrogen) atoms. The highest BCUT2D eigenvalue weighted by molar-refractivity contribution is 6.30. The van der Waals surface area contributed by atoms with Gasteiger partial charge in [0.05, 0.1) is 19.1 Å². The van der Waals surface area contributed by atoms with Crippen LogP contribution in [-0.2, 0) is 16.1 Å². The van der Waals surface area contributed by atoms with E-state index in [1.807, 2.05) is 30.5 Å². The summed E-state index contributed by atoms with van der Waals surface area (Å²) in [5, 5.41) is 12.7. The third kappa shape index (κ3) is 9.83. The van der Waals surface area contributed by atoms with Gasteiger partial charge < -0.3 is 14.0 Å². The summed E-state index contributed by atoms with van der Waals surface area (Å²) in [6.45, 7) is 1.35. The number of unbranched alkanes of at least 4 members (excludes halogenated alkanes) is 3. The number of ether oxygens (including phenoxy) is 2. The summed E-state index contributed by atoms with van der Waals surface area (Å²) in [6.07, 6.45) is 9.16. The van der Waals surface area contributed by atoms with Gasteiger partial charge in [0, 0.05) is 24.0 Å². The first kappa shape index (κ1) is 24.0. The number of hydrogen-bond acceptors (Lipinski definition) is 5. The second-order valence-corrected chi connectivity index (χ2v) is 7.01. The van der Waals surface area contributed by atoms with Crippen LogP contribution in [0, 0.1) is 11.5 Å². The van der Waals surface area contributed by atoms with Gasteiger partial charge >= 0.3 is 5.97 Å². The summed E-state index contributed by atoms with van der Waals surface area (Å²) in [4.78, 5) is 20.0. The van der Waals surface area contributed by atoms with Gasteiger partial charge in [-0.15, -0.1) is 0 Å². The molecule has 0 spiro atoms. The lowest BCUT2D eigenvalue weighted by Gasteiger charge is -2.06. The topological polar surface area (TPSA) is 101 Å². The van der Waals surface area contributed by atoms with E-state index in [2.05, 4.69) is 20.0 Å². The molecule has 1 aromatic carbocycles. The zero-order valence-electron chi connectivity index (χ0n) is 17.5. The molecule has 164 valence electrons. The van der Waals surface area contributed by atoms with Crippen LogP contribution >= 0.6 is 11.6 Å². The lowest BCUT2D eigenvalue weighted by Crippen LogP contribution is -2.20. The van der Waals surface area contributed by atoms with Crippen molar-refractivity contribution in [2.75, 3.05) is 20.3 Å². The van der Waals surface area contributed by atoms with Gasteiger partial charge in [-0.3, -0.25) is 15.1 Å². The molecule has 0 aliphatic heterocycles. The van der Waals surface area contributed by atoms with Crippen molar-refractivity contribution in [3.05, 3.63) is 59.2 Å². The van der Waals surface area contributed by atoms with E-state index in [0.29, 0.717) is 23.5 Å². The summed E-state index contributed by atoms with van der Waals surface area (Å²) >= 11 is 5.85. The number of halogens is 1. The molecule has 0 atom stereocenters. The van der Waals surface area contributed by atoms with Crippen molar-refractivity contribution < 1.29 is 14.3 Å². The third-order valence-corrected chi connectivity index (χ3v) is 4.46. The van der Waals surface area contributed by atoms with Gasteiger partial charge in [-0.25, -0.2) is 4.99 Å². The van der Waals surface area contributed by atoms with Crippen LogP contribution in [0.4, 0.5) is 0 Å². The Morgan fingerprint density at radius 1 is 1.13 bits per heavy atom. The Kier molecular flexibility index (Phi) is 10.7. The fraction of sp³-hybridized carbons (Fsp3) is 0.364. The SMILES string of the molecule is COC(=O)Cn1ccc(=NC(=NCCCCCCOc2ccc(Cl)cc2)NC#N)cc1. The molecule has 0 radical (unpaired) electrons. The van der Waals surface area contributed by atoms with Crippen molar-refractivity contribution in [3.63, 3.8) is 0 Å². The van der Waals surface area contributed by atoms with E-state index in [1.54, 1.807) is 29.1 Å². The minimum Gasteiger partial charge on any atom is -0.494 e. The maximum Gasteiger partial charge on any atom is 0.325 e. The second-order valence-electron chi connectivity index (χ2n) is 6.58. The van der Waals surface area contributed by atoms with Crippen LogP contribution in [0.25, 0.3) is 0 Å². The third-order valence-electron chi connectivity index (χ3n) is 4.21. The van der Waals surface area contributed by atoms with E-state index in [4.69, 9.17) is 21.6 Å². The molecule has 1 N–H and O–H groups in total. The number of nitrogens with zero attached hydrogens (tertiary/aromatic N) is 4. The number of pyridine rings is 1. The Bertz CT molecular complexity index is 944. The first-order valence-corrected chi connectivity index (χ1v) is 10.3. The number of nitriles is 1. The van der Waals surface area contributed by atoms with Crippen LogP contribution in [0.5, 0.6) is 5.75 Å². The van der Waals surface area contributed by atoms with Crippen molar-refractivity contribution in [1.29, 1.82) is 5.26 Å². The number of aromatic nitrogens is 1. The zero-order valence-corrected chi connectivity index (χ0v) is 18.2. The summed E-state index contributed by atoms with van der Waals surface area (Å²) in [5.41, 5.74) is 0. The first-order chi connectivity index (χ1) is 15.1. The molecular formula is C22H26ClN5O3. The van der Waals surface area contributed by atoms with Crippen molar-refractivity contribution >= 4 is 23.5 Å². The normalized spacial score (nSPS) is 10.8. The Hall–Kier alpha value is -3.31. The quantitative estimate of drug-likeness (QED) is 0.152. The van der Waals surface area contributed by atoms with Gasteiger partial charge in [0.25, 0.3) is 0 Å². The molecule has 0 unspecified atom stereocenters. The van der Waals surface area contributed by atoms with Crippen LogP contribution in [0.15, 0.2) is 58.8 Å². The number of carbonyl (C=O) groups is 1. The second kappa shape index (κ2) is 13.8. The van der Waals surface area contributed by atoms with Gasteiger partial charge in [0.1, 0.15) is 12.3 Å². The molecule has 0 aliphatic rings. The molecule has 8 nitrogen and oxygen atoms in total. The molecule has 0 saturated heterocycles. The minimum atomic E-state index is -0.334. The fourth-order valence-electron chi connectivity index (χ4n) is 2.59. The number of benzene rings is 1. The number of hydrogen-bond donors (Lipinski definition) is 1. The van der Waals surface area contributed by atoms with Crippen molar-refractivity contribution in [2.24, 2.45) is 9.98 Å². The molecule has 2 aromatic rings. The van der Waals surface area contributed by atoms with Crippen LogP contribution in [-0.4, -0.2) is 36.8 Å². The van der Waals surface area contributed by atoms with Crippen molar-refractivity contribution in [1.82, 2.24) is 9.88 Å². The summed E-state index contributed by atoms with van der Waals surface area (Å²) in [6, 6.07) is 10.8. The monoisotopic (exact) mass is 443 g/mol. The summed E-state index contributed by atoms with van der Waals surface area (Å²) in [7, 11) is 1.35. The predicted molar refractivity (Wildman–Crippen MR) is 118 cm³/mol. The van der Waals surface area contributed by atoms with Crippen LogP contribution < -0.4 is 15.4 Å². The molecule has 0 saturated carbocycles. The highest BCUT2D eigenvalue weighted by atomic mass is 35.5. The fourth-order valence-corrected chi connectivity index (χ4v) is 2.72. The maximum absolute atomic E-state index is 11.3. The Balaban J connectivity index is 1.73. The van der Waals surface area contributed by atoms with Crippen molar-refractivity contribution in [2.45, 2.75) is 32.2 Å². The number of carbonyl (C=O) groups excluding carboxylic acids is 1. The average molecular weight is 444 g/mol. The molecule has 0 aliphatic carbocycles. The number of guanidine groups is 1. The molecule has 9 heteroatoms. The van der Waals surface area contributed by atoms with Crippen LogP contribution in [0.3, 0.4) is 0 Å². The van der Waals surface area contributed by atoms with Crippen molar-refractivity contribution in [3.8, 4) is 11.9 Å². The molecule has 0 fully saturated rings. The molecule has 1 heterocycles. The summed E-state index contributed by atoms with van der Waals surface area (Å²) in [5.74, 6) is 0.749. The predicted octanol–water partition coefficient (Wildman–Crippen LogP) is 3.28. The van der Waals surface area contributed by atoms with E-state index >= 15 is 0 Å². The lowest BCUT2D eigenvalue weighted by atomic mass is 10.2. The first-order valence-electron chi connectivity index (χ1n) is 9.96. The molecule has 0 bridgehead atoms. The number of rotatable bonds is 10. The minimum absolute atomic E-state index is 0.124. The number of methoxy groups -OCH3 is 1. The lowest BCUT2D eigenvalue weighted by molar-refractivity contribution is -0.141. The van der Waals surface area contributed by atoms with Gasteiger partial charge in [-0.2, -0.15) is 5.26 Å². The molecule has 0 amide bonds. The van der Waals surface area contributed by atoms with Gasteiger partial charge in [0.15, 0.2) is 6.19 Å². The standard InChI is InChI=1S/C22H26ClN5O3/c1-30-21(29)16-28-13-10-19(11-14-28)27-22(26-17-24)25-12-4-2-3-5-15-31-20-8-6-18(23)7-9-20/h6-11,13-14H,2-5,12,15-16H2,1H3,(H,25,26). The molecule has 2 rings (SSSR count). The van der Waals surface area contributed by atoms with Gasteiger partial charge in [-0.1, -0.05) is 18.0 Å². The Morgan fingerprint density at radius 2 is 1.84 bits per heavy atom. The highest BCUT2D eigenvalue weighted by Crippen LogP contribution is 2.15. The van der Waals surface area contributed by atoms with Crippen LogP contribution in [0.2, 0.25) is 5.02 Å². The largest absolute Gasteiger partial charge is 0.494 e. The van der Waals surface area contributed by atoms with E-state index < -0.39 is 0 Å². The Labute approximate surface area is 186 Å². The smallest absolute Gasteiger partial charge is 0.325 e. The molecular weight excluding hydrogens is 418 g/mol.